The summed E-state index contributed by atoms with van der Waals surface area (Å²) >= 11 is 1.40. The number of likely N-dealkylation sites (tertiary alicyclic amines) is 1. The van der Waals surface area contributed by atoms with E-state index in [1.807, 2.05) is 12.3 Å². The van der Waals surface area contributed by atoms with Crippen LogP contribution in [0.5, 0.6) is 0 Å². The third-order valence-electron chi connectivity index (χ3n) is 6.29. The number of rotatable bonds is 5. The second-order valence-electron chi connectivity index (χ2n) is 8.70. The largest absolute Gasteiger partial charge is 0.339 e. The molecule has 8 nitrogen and oxygen atoms in total. The maximum Gasteiger partial charge on any atom is 0.253 e. The second kappa shape index (κ2) is 10.3. The Bertz CT molecular complexity index is 1100. The number of benzene rings is 1. The first kappa shape index (κ1) is 23.8. The van der Waals surface area contributed by atoms with E-state index in [9.17, 15) is 18.0 Å². The quantitative estimate of drug-likeness (QED) is 0.691. The van der Waals surface area contributed by atoms with Gasteiger partial charge in [-0.2, -0.15) is 4.31 Å². The normalized spacial score (nSPS) is 18.6. The smallest absolute Gasteiger partial charge is 0.253 e. The molecule has 1 N–H and O–H groups in total. The van der Waals surface area contributed by atoms with Gasteiger partial charge in [-0.1, -0.05) is 18.9 Å². The van der Waals surface area contributed by atoms with Gasteiger partial charge in [0.1, 0.15) is 0 Å². The Morgan fingerprint density at radius 2 is 1.76 bits per heavy atom. The van der Waals surface area contributed by atoms with E-state index in [4.69, 9.17) is 0 Å². The van der Waals surface area contributed by atoms with Crippen molar-refractivity contribution in [3.8, 4) is 0 Å². The van der Waals surface area contributed by atoms with Crippen molar-refractivity contribution in [1.82, 2.24) is 14.2 Å². The van der Waals surface area contributed by atoms with Gasteiger partial charge in [0.05, 0.1) is 10.6 Å². The average Bonchev–Trinajstić information content (AvgIpc) is 3.05. The molecular formula is C23H30N4O4S2. The molecule has 10 heteroatoms. The molecule has 3 heterocycles. The number of hydrogen-bond donors (Lipinski definition) is 1. The zero-order valence-electron chi connectivity index (χ0n) is 18.8. The van der Waals surface area contributed by atoms with E-state index in [0.717, 1.165) is 31.4 Å². The number of amides is 2. The van der Waals surface area contributed by atoms with Crippen molar-refractivity contribution in [3.63, 3.8) is 0 Å². The summed E-state index contributed by atoms with van der Waals surface area (Å²) in [6.07, 6.45) is 4.94. The molecule has 2 saturated heterocycles. The van der Waals surface area contributed by atoms with Crippen LogP contribution < -0.4 is 5.32 Å². The monoisotopic (exact) mass is 490 g/mol. The van der Waals surface area contributed by atoms with Gasteiger partial charge in [0.25, 0.3) is 5.91 Å². The molecule has 0 aliphatic carbocycles. The number of sulfonamides is 1. The number of aromatic nitrogens is 1. The molecule has 2 aliphatic heterocycles. The molecular weight excluding hydrogens is 460 g/mol. The van der Waals surface area contributed by atoms with Gasteiger partial charge >= 0.3 is 0 Å². The SMILES string of the molecule is Cc1csc(NC(=O)C2CCN(C(=O)c3cccc(S(=O)(=O)N4CCCCCC4)c3)CC2)n1. The number of anilines is 1. The number of thiazole rings is 1. The molecule has 0 atom stereocenters. The Kier molecular flexibility index (Phi) is 7.45. The predicted octanol–water partition coefficient (Wildman–Crippen LogP) is 3.51. The molecule has 0 spiro atoms. The number of carbonyl (C=O) groups excluding carboxylic acids is 2. The molecule has 0 radical (unpaired) electrons. The molecule has 0 unspecified atom stereocenters. The Morgan fingerprint density at radius 1 is 1.06 bits per heavy atom. The molecule has 2 aliphatic rings. The highest BCUT2D eigenvalue weighted by atomic mass is 32.2. The van der Waals surface area contributed by atoms with Crippen LogP contribution in [0.2, 0.25) is 0 Å². The van der Waals surface area contributed by atoms with E-state index in [0.29, 0.717) is 49.7 Å². The first-order chi connectivity index (χ1) is 15.8. The topological polar surface area (TPSA) is 99.7 Å². The van der Waals surface area contributed by atoms with Crippen molar-refractivity contribution in [2.75, 3.05) is 31.5 Å². The Balaban J connectivity index is 1.38. The van der Waals surface area contributed by atoms with Crippen LogP contribution in [-0.4, -0.2) is 60.6 Å². The van der Waals surface area contributed by atoms with Crippen LogP contribution in [0.25, 0.3) is 0 Å². The minimum Gasteiger partial charge on any atom is -0.339 e. The van der Waals surface area contributed by atoms with Crippen LogP contribution in [0.4, 0.5) is 5.13 Å². The van der Waals surface area contributed by atoms with E-state index in [1.165, 1.54) is 21.7 Å². The zero-order chi connectivity index (χ0) is 23.4. The highest BCUT2D eigenvalue weighted by Gasteiger charge is 2.30. The van der Waals surface area contributed by atoms with Crippen LogP contribution in [-0.2, 0) is 14.8 Å². The highest BCUT2D eigenvalue weighted by Crippen LogP contribution is 2.25. The first-order valence-electron chi connectivity index (χ1n) is 11.5. The minimum absolute atomic E-state index is 0.0676. The van der Waals surface area contributed by atoms with Crippen LogP contribution in [0.1, 0.15) is 54.6 Å². The summed E-state index contributed by atoms with van der Waals surface area (Å²) < 4.78 is 27.8. The molecule has 2 fully saturated rings. The predicted molar refractivity (Wildman–Crippen MR) is 128 cm³/mol. The molecule has 1 aromatic heterocycles. The van der Waals surface area contributed by atoms with E-state index >= 15 is 0 Å². The fraction of sp³-hybridized carbons (Fsp3) is 0.522. The Hall–Kier alpha value is -2.30. The van der Waals surface area contributed by atoms with E-state index in [-0.39, 0.29) is 22.6 Å². The minimum atomic E-state index is -3.62. The molecule has 33 heavy (non-hydrogen) atoms. The lowest BCUT2D eigenvalue weighted by atomic mass is 9.95. The zero-order valence-corrected chi connectivity index (χ0v) is 20.5. The van der Waals surface area contributed by atoms with Crippen LogP contribution in [0, 0.1) is 12.8 Å². The molecule has 0 bridgehead atoms. The summed E-state index contributed by atoms with van der Waals surface area (Å²) in [4.78, 5) is 31.8. The lowest BCUT2D eigenvalue weighted by Gasteiger charge is -2.31. The molecule has 4 rings (SSSR count). The summed E-state index contributed by atoms with van der Waals surface area (Å²) in [5.41, 5.74) is 1.24. The lowest BCUT2D eigenvalue weighted by molar-refractivity contribution is -0.121. The van der Waals surface area contributed by atoms with Gasteiger partial charge in [0.15, 0.2) is 5.13 Å². The fourth-order valence-corrected chi connectivity index (χ4v) is 6.62. The highest BCUT2D eigenvalue weighted by molar-refractivity contribution is 7.89. The van der Waals surface area contributed by atoms with Gasteiger partial charge in [-0.25, -0.2) is 13.4 Å². The van der Waals surface area contributed by atoms with Gasteiger partial charge < -0.3 is 10.2 Å². The number of nitrogens with one attached hydrogen (secondary N) is 1. The van der Waals surface area contributed by atoms with Gasteiger partial charge in [-0.05, 0) is 50.8 Å². The van der Waals surface area contributed by atoms with E-state index < -0.39 is 10.0 Å². The molecule has 2 aromatic rings. The van der Waals surface area contributed by atoms with Crippen molar-refractivity contribution < 1.29 is 18.0 Å². The first-order valence-corrected chi connectivity index (χ1v) is 13.8. The maximum absolute atomic E-state index is 13.1. The molecule has 2 amide bonds. The van der Waals surface area contributed by atoms with Gasteiger partial charge in [-0.15, -0.1) is 11.3 Å². The summed E-state index contributed by atoms with van der Waals surface area (Å²) in [6, 6.07) is 6.35. The average molecular weight is 491 g/mol. The van der Waals surface area contributed by atoms with Crippen LogP contribution in [0.3, 0.4) is 0 Å². The Morgan fingerprint density at radius 3 is 2.39 bits per heavy atom. The number of carbonyl (C=O) groups is 2. The summed E-state index contributed by atoms with van der Waals surface area (Å²) in [7, 11) is -3.62. The van der Waals surface area contributed by atoms with Gasteiger partial charge in [0, 0.05) is 43.0 Å². The van der Waals surface area contributed by atoms with Gasteiger partial charge in [-0.3, -0.25) is 9.59 Å². The van der Waals surface area contributed by atoms with Crippen molar-refractivity contribution in [2.45, 2.75) is 50.3 Å². The Labute approximate surface area is 199 Å². The second-order valence-corrected chi connectivity index (χ2v) is 11.5. The van der Waals surface area contributed by atoms with E-state index in [2.05, 4.69) is 10.3 Å². The van der Waals surface area contributed by atoms with Crippen molar-refractivity contribution in [2.24, 2.45) is 5.92 Å². The lowest BCUT2D eigenvalue weighted by Crippen LogP contribution is -2.41. The summed E-state index contributed by atoms with van der Waals surface area (Å²) in [5.74, 6) is -0.438. The van der Waals surface area contributed by atoms with Gasteiger partial charge in [0.2, 0.25) is 15.9 Å². The molecule has 1 aromatic carbocycles. The van der Waals surface area contributed by atoms with Crippen LogP contribution >= 0.6 is 11.3 Å². The fourth-order valence-electron chi connectivity index (χ4n) is 4.37. The van der Waals surface area contributed by atoms with Crippen molar-refractivity contribution in [1.29, 1.82) is 0 Å². The third kappa shape index (κ3) is 5.62. The number of aryl methyl sites for hydroxylation is 1. The van der Waals surface area contributed by atoms with E-state index in [1.54, 1.807) is 23.1 Å². The molecule has 178 valence electrons. The van der Waals surface area contributed by atoms with Crippen LogP contribution in [0.15, 0.2) is 34.5 Å². The van der Waals surface area contributed by atoms with Crippen molar-refractivity contribution in [3.05, 3.63) is 40.9 Å². The third-order valence-corrected chi connectivity index (χ3v) is 9.06. The summed E-state index contributed by atoms with van der Waals surface area (Å²) in [6.45, 7) is 3.84. The number of nitrogens with zero attached hydrogens (tertiary/aromatic N) is 3. The number of piperidine rings is 1. The number of hydrogen-bond acceptors (Lipinski definition) is 6. The maximum atomic E-state index is 13.1. The molecule has 0 saturated carbocycles. The van der Waals surface area contributed by atoms with Crippen molar-refractivity contribution >= 4 is 38.3 Å². The summed E-state index contributed by atoms with van der Waals surface area (Å²) in [5, 5.41) is 5.34. The standard InChI is InChI=1S/C23H30N4O4S2/c1-17-16-32-23(24-17)25-21(28)18-9-13-26(14-10-18)22(29)19-7-6-8-20(15-19)33(30,31)27-11-4-2-3-5-12-27/h6-8,15-16,18H,2-5,9-14H2,1H3,(H,24,25,28).